The highest BCUT2D eigenvalue weighted by Gasteiger charge is 2.15. The normalized spacial score (nSPS) is 22.4. The van der Waals surface area contributed by atoms with Gasteiger partial charge in [0.05, 0.1) is 0 Å². The quantitative estimate of drug-likeness (QED) is 0.552. The van der Waals surface area contributed by atoms with E-state index in [4.69, 9.17) is 0 Å². The molecule has 0 fully saturated rings. The third kappa shape index (κ3) is 4.03. The Morgan fingerprint density at radius 3 is 2.47 bits per heavy atom. The molecule has 0 bridgehead atoms. The molecule has 0 aromatic rings. The highest BCUT2D eigenvalue weighted by molar-refractivity contribution is 5.39. The van der Waals surface area contributed by atoms with Crippen LogP contribution in [-0.4, -0.2) is 0 Å². The van der Waals surface area contributed by atoms with Crippen LogP contribution in [0.25, 0.3) is 0 Å². The Labute approximate surface area is 107 Å². The summed E-state index contributed by atoms with van der Waals surface area (Å²) in [5.74, 6) is 0.731. The maximum absolute atomic E-state index is 2.45. The summed E-state index contributed by atoms with van der Waals surface area (Å²) < 4.78 is 0. The molecule has 0 radical (unpaired) electrons. The first-order valence-electron chi connectivity index (χ1n) is 6.82. The van der Waals surface area contributed by atoms with E-state index >= 15 is 0 Å². The number of rotatable bonds is 4. The van der Waals surface area contributed by atoms with Gasteiger partial charge < -0.3 is 0 Å². The molecule has 0 heterocycles. The largest absolute Gasteiger partial charge is 0.0913 e. The predicted octanol–water partition coefficient (Wildman–Crippen LogP) is 5.59. The maximum Gasteiger partial charge on any atom is -0.00953 e. The molecule has 1 unspecified atom stereocenters. The van der Waals surface area contributed by atoms with Crippen LogP contribution in [0.5, 0.6) is 0 Å². The van der Waals surface area contributed by atoms with Gasteiger partial charge in [-0.25, -0.2) is 0 Å². The van der Waals surface area contributed by atoms with E-state index < -0.39 is 0 Å². The van der Waals surface area contributed by atoms with Crippen molar-refractivity contribution in [3.05, 3.63) is 47.1 Å². The molecule has 0 aliphatic heterocycles. The molecule has 0 N–H and O–H groups in total. The zero-order chi connectivity index (χ0) is 12.7. The van der Waals surface area contributed by atoms with Crippen LogP contribution in [0.3, 0.4) is 0 Å². The second-order valence-corrected chi connectivity index (χ2v) is 4.92. The van der Waals surface area contributed by atoms with E-state index in [1.807, 2.05) is 0 Å². The molecule has 1 aliphatic carbocycles. The van der Waals surface area contributed by atoms with E-state index in [2.05, 4.69) is 58.1 Å². The second kappa shape index (κ2) is 7.32. The van der Waals surface area contributed by atoms with E-state index in [0.717, 1.165) is 18.8 Å². The van der Waals surface area contributed by atoms with Crippen LogP contribution in [0.2, 0.25) is 0 Å². The molecule has 0 nitrogen and oxygen atoms in total. The van der Waals surface area contributed by atoms with Crippen molar-refractivity contribution < 1.29 is 0 Å². The highest BCUT2D eigenvalue weighted by Crippen LogP contribution is 2.32. The summed E-state index contributed by atoms with van der Waals surface area (Å²) in [5.41, 5.74) is 4.71. The van der Waals surface area contributed by atoms with Crippen molar-refractivity contribution in [1.29, 1.82) is 0 Å². The molecule has 0 heteroatoms. The standard InChI is InChI=1S/C17H26/c1-5-7-11-16-12-9-10-14(3)15(4)17(16)13-8-6-2/h5-8,12,14H,9-11,13H2,1-4H3. The van der Waals surface area contributed by atoms with Crippen LogP contribution < -0.4 is 0 Å². The summed E-state index contributed by atoms with van der Waals surface area (Å²) in [6, 6.07) is 0. The first kappa shape index (κ1) is 14.0. The average molecular weight is 230 g/mol. The summed E-state index contributed by atoms with van der Waals surface area (Å²) in [6.07, 6.45) is 16.0. The fraction of sp³-hybridized carbons (Fsp3) is 0.529. The lowest BCUT2D eigenvalue weighted by molar-refractivity contribution is 0.622. The number of hydrogen-bond donors (Lipinski definition) is 0. The van der Waals surface area contributed by atoms with Crippen molar-refractivity contribution in [1.82, 2.24) is 0 Å². The summed E-state index contributed by atoms with van der Waals surface area (Å²) in [7, 11) is 0. The molecule has 17 heavy (non-hydrogen) atoms. The van der Waals surface area contributed by atoms with Gasteiger partial charge in [-0.05, 0) is 63.5 Å². The van der Waals surface area contributed by atoms with Crippen LogP contribution in [0, 0.1) is 5.92 Å². The lowest BCUT2D eigenvalue weighted by Gasteiger charge is -2.15. The van der Waals surface area contributed by atoms with Gasteiger partial charge in [0.1, 0.15) is 0 Å². The maximum atomic E-state index is 2.45. The summed E-state index contributed by atoms with van der Waals surface area (Å²) in [5, 5.41) is 0. The molecule has 1 atom stereocenters. The van der Waals surface area contributed by atoms with Crippen molar-refractivity contribution in [2.24, 2.45) is 5.92 Å². The van der Waals surface area contributed by atoms with Crippen molar-refractivity contribution in [3.63, 3.8) is 0 Å². The van der Waals surface area contributed by atoms with Gasteiger partial charge in [-0.2, -0.15) is 0 Å². The zero-order valence-corrected chi connectivity index (χ0v) is 11.8. The smallest absolute Gasteiger partial charge is 0.00953 e. The van der Waals surface area contributed by atoms with E-state index in [1.165, 1.54) is 12.8 Å². The minimum atomic E-state index is 0.731. The van der Waals surface area contributed by atoms with Crippen molar-refractivity contribution in [2.45, 2.75) is 53.4 Å². The molecular weight excluding hydrogens is 204 g/mol. The molecule has 0 saturated carbocycles. The van der Waals surface area contributed by atoms with Gasteiger partial charge in [-0.15, -0.1) is 0 Å². The fourth-order valence-corrected chi connectivity index (χ4v) is 2.38. The highest BCUT2D eigenvalue weighted by atomic mass is 14.2. The van der Waals surface area contributed by atoms with Crippen molar-refractivity contribution >= 4 is 0 Å². The Balaban J connectivity index is 3.00. The first-order chi connectivity index (χ1) is 8.20. The average Bonchev–Trinajstić information content (AvgIpc) is 2.46. The summed E-state index contributed by atoms with van der Waals surface area (Å²) in [6.45, 7) is 8.88. The number of hydrogen-bond acceptors (Lipinski definition) is 0. The molecule has 1 aliphatic rings. The zero-order valence-electron chi connectivity index (χ0n) is 11.8. The Kier molecular flexibility index (Phi) is 6.04. The molecule has 1 rings (SSSR count). The third-order valence-corrected chi connectivity index (χ3v) is 3.72. The van der Waals surface area contributed by atoms with Gasteiger partial charge in [0.2, 0.25) is 0 Å². The van der Waals surface area contributed by atoms with E-state index in [9.17, 15) is 0 Å². The Bertz CT molecular complexity index is 350. The van der Waals surface area contributed by atoms with Crippen LogP contribution >= 0.6 is 0 Å². The molecule has 0 saturated heterocycles. The van der Waals surface area contributed by atoms with E-state index in [-0.39, 0.29) is 0 Å². The van der Waals surface area contributed by atoms with Gasteiger partial charge in [-0.3, -0.25) is 0 Å². The topological polar surface area (TPSA) is 0 Å². The minimum absolute atomic E-state index is 0.731. The molecular formula is C17H26. The lowest BCUT2D eigenvalue weighted by Crippen LogP contribution is -1.99. The third-order valence-electron chi connectivity index (χ3n) is 3.72. The lowest BCUT2D eigenvalue weighted by atomic mass is 9.90. The summed E-state index contributed by atoms with van der Waals surface area (Å²) >= 11 is 0. The van der Waals surface area contributed by atoms with Crippen molar-refractivity contribution in [3.8, 4) is 0 Å². The Morgan fingerprint density at radius 2 is 1.82 bits per heavy atom. The van der Waals surface area contributed by atoms with Gasteiger partial charge >= 0.3 is 0 Å². The summed E-state index contributed by atoms with van der Waals surface area (Å²) in [4.78, 5) is 0. The van der Waals surface area contributed by atoms with Crippen LogP contribution in [0.1, 0.15) is 53.4 Å². The minimum Gasteiger partial charge on any atom is -0.0913 e. The molecule has 0 aromatic carbocycles. The monoisotopic (exact) mass is 230 g/mol. The van der Waals surface area contributed by atoms with Crippen LogP contribution in [0.4, 0.5) is 0 Å². The fourth-order valence-electron chi connectivity index (χ4n) is 2.38. The van der Waals surface area contributed by atoms with Crippen molar-refractivity contribution in [2.75, 3.05) is 0 Å². The van der Waals surface area contributed by atoms with Crippen LogP contribution in [0.15, 0.2) is 47.1 Å². The van der Waals surface area contributed by atoms with Crippen LogP contribution in [-0.2, 0) is 0 Å². The van der Waals surface area contributed by atoms with E-state index in [0.29, 0.717) is 0 Å². The molecule has 94 valence electrons. The molecule has 0 spiro atoms. The predicted molar refractivity (Wildman–Crippen MR) is 78.0 cm³/mol. The SMILES string of the molecule is CC=CCC1=CCCC(C)C(C)=C1CC=CC. The number of allylic oxidation sites excluding steroid dienone is 8. The Morgan fingerprint density at radius 1 is 1.18 bits per heavy atom. The van der Waals surface area contributed by atoms with E-state index in [1.54, 1.807) is 16.7 Å². The second-order valence-electron chi connectivity index (χ2n) is 4.92. The molecule has 0 aromatic heterocycles. The van der Waals surface area contributed by atoms with Gasteiger partial charge in [0.15, 0.2) is 0 Å². The Hall–Kier alpha value is -1.04. The molecule has 0 amide bonds. The first-order valence-corrected chi connectivity index (χ1v) is 6.82. The van der Waals surface area contributed by atoms with Gasteiger partial charge in [0, 0.05) is 0 Å². The van der Waals surface area contributed by atoms with Gasteiger partial charge in [0.25, 0.3) is 0 Å². The van der Waals surface area contributed by atoms with Gasteiger partial charge in [-0.1, -0.05) is 42.9 Å².